The molecule has 0 bridgehead atoms. The average Bonchev–Trinajstić information content (AvgIpc) is 2.54. The van der Waals surface area contributed by atoms with Crippen LogP contribution in [0, 0.1) is 0 Å². The summed E-state index contributed by atoms with van der Waals surface area (Å²) in [6.45, 7) is 0.866. The molecule has 0 heterocycles. The van der Waals surface area contributed by atoms with E-state index in [0.717, 1.165) is 0 Å². The van der Waals surface area contributed by atoms with Gasteiger partial charge in [-0.05, 0) is 13.3 Å². The molecule has 11 nitrogen and oxygen atoms in total. The van der Waals surface area contributed by atoms with Crippen molar-refractivity contribution in [3.63, 3.8) is 0 Å². The number of amides is 3. The third kappa shape index (κ3) is 9.52. The van der Waals surface area contributed by atoms with E-state index in [2.05, 4.69) is 28.6 Å². The molecule has 7 N–H and O–H groups in total. The topological polar surface area (TPSA) is 188 Å². The molecule has 0 fully saturated rings. The van der Waals surface area contributed by atoms with Crippen molar-refractivity contribution in [3.8, 4) is 0 Å². The molecule has 0 spiro atoms. The third-order valence-corrected chi connectivity index (χ3v) is 3.36. The fourth-order valence-electron chi connectivity index (χ4n) is 1.55. The number of aliphatic carboxylic acids is 2. The van der Waals surface area contributed by atoms with Gasteiger partial charge in [-0.2, -0.15) is 12.6 Å². The van der Waals surface area contributed by atoms with Crippen molar-refractivity contribution in [1.29, 1.82) is 0 Å². The van der Waals surface area contributed by atoms with Crippen LogP contribution in [0.4, 0.5) is 0 Å². The van der Waals surface area contributed by atoms with Crippen LogP contribution in [0.3, 0.4) is 0 Å². The minimum absolute atomic E-state index is 0.0851. The summed E-state index contributed by atoms with van der Waals surface area (Å²) >= 11 is 3.78. The Labute approximate surface area is 149 Å². The molecule has 0 radical (unpaired) electrons. The predicted molar refractivity (Wildman–Crippen MR) is 88.9 cm³/mol. The molecule has 0 rings (SSSR count). The van der Waals surface area contributed by atoms with Crippen molar-refractivity contribution >= 4 is 42.3 Å². The van der Waals surface area contributed by atoms with Gasteiger partial charge in [0.1, 0.15) is 12.1 Å². The molecule has 0 unspecified atom stereocenters. The Hall–Kier alpha value is -2.34. The summed E-state index contributed by atoms with van der Waals surface area (Å²) in [6, 6.07) is -3.28. The first kappa shape index (κ1) is 22.7. The largest absolute Gasteiger partial charge is 0.481 e. The van der Waals surface area contributed by atoms with Crippen LogP contribution in [-0.4, -0.2) is 70.3 Å². The van der Waals surface area contributed by atoms with Gasteiger partial charge in [0.15, 0.2) is 0 Å². The van der Waals surface area contributed by atoms with E-state index in [1.807, 2.05) is 0 Å². The highest BCUT2D eigenvalue weighted by Gasteiger charge is 2.22. The van der Waals surface area contributed by atoms with E-state index in [9.17, 15) is 24.0 Å². The lowest BCUT2D eigenvalue weighted by atomic mass is 10.1. The molecule has 0 aromatic carbocycles. The van der Waals surface area contributed by atoms with Gasteiger partial charge in [0, 0.05) is 12.2 Å². The molecule has 142 valence electrons. The lowest BCUT2D eigenvalue weighted by Crippen LogP contribution is -2.52. The lowest BCUT2D eigenvalue weighted by Gasteiger charge is -2.17. The van der Waals surface area contributed by atoms with Gasteiger partial charge in [-0.15, -0.1) is 0 Å². The number of hydrogen-bond acceptors (Lipinski definition) is 7. The summed E-state index contributed by atoms with van der Waals surface area (Å²) in [6.07, 6.45) is -0.372. The predicted octanol–water partition coefficient (Wildman–Crippen LogP) is -2.70. The Bertz CT molecular complexity index is 529. The minimum atomic E-state index is -1.26. The second-order valence-electron chi connectivity index (χ2n) is 5.13. The molecule has 3 atom stereocenters. The van der Waals surface area contributed by atoms with E-state index in [4.69, 9.17) is 15.9 Å². The monoisotopic (exact) mass is 378 g/mol. The molecule has 0 aromatic rings. The Morgan fingerprint density at radius 1 is 1.08 bits per heavy atom. The minimum Gasteiger partial charge on any atom is -0.481 e. The fraction of sp³-hybridized carbons (Fsp3) is 0.615. The number of rotatable bonds is 11. The van der Waals surface area contributed by atoms with Gasteiger partial charge < -0.3 is 31.9 Å². The van der Waals surface area contributed by atoms with Crippen molar-refractivity contribution in [2.75, 3.05) is 12.3 Å². The zero-order valence-corrected chi connectivity index (χ0v) is 14.4. The zero-order chi connectivity index (χ0) is 19.6. The van der Waals surface area contributed by atoms with Crippen LogP contribution in [0.15, 0.2) is 0 Å². The van der Waals surface area contributed by atoms with E-state index in [-0.39, 0.29) is 18.6 Å². The molecular weight excluding hydrogens is 356 g/mol. The van der Waals surface area contributed by atoms with E-state index in [1.165, 1.54) is 6.92 Å². The Balaban J connectivity index is 4.29. The van der Waals surface area contributed by atoms with Gasteiger partial charge in [0.2, 0.25) is 17.7 Å². The van der Waals surface area contributed by atoms with E-state index >= 15 is 0 Å². The number of nitrogens with two attached hydrogens (primary N) is 1. The molecule has 25 heavy (non-hydrogen) atoms. The molecule has 0 aromatic heterocycles. The molecular formula is C13H22N4O7S. The van der Waals surface area contributed by atoms with E-state index in [1.54, 1.807) is 0 Å². The van der Waals surface area contributed by atoms with Crippen LogP contribution in [0.25, 0.3) is 0 Å². The van der Waals surface area contributed by atoms with E-state index in [0.29, 0.717) is 0 Å². The molecule has 3 amide bonds. The van der Waals surface area contributed by atoms with Crippen LogP contribution in [0.2, 0.25) is 0 Å². The molecule has 0 aliphatic heterocycles. The summed E-state index contributed by atoms with van der Waals surface area (Å²) in [5.41, 5.74) is 5.50. The molecule has 0 aliphatic carbocycles. The normalized spacial score (nSPS) is 13.9. The molecule has 0 saturated heterocycles. The third-order valence-electron chi connectivity index (χ3n) is 3.00. The van der Waals surface area contributed by atoms with Gasteiger partial charge in [0.25, 0.3) is 0 Å². The first-order valence-corrected chi connectivity index (χ1v) is 7.90. The van der Waals surface area contributed by atoms with Gasteiger partial charge in [-0.3, -0.25) is 19.2 Å². The number of thiol groups is 1. The standard InChI is InChI=1S/C13H22N4O7S/c1-6(16-12(22)7(14)2-3-10(19)20)11(21)15-4-9(18)17-8(5-25)13(23)24/h6-8,25H,2-5,14H2,1H3,(H,15,21)(H,16,22)(H,17,18)(H,19,20)(H,23,24)/t6-,7-,8-/m0/s1. The van der Waals surface area contributed by atoms with Gasteiger partial charge >= 0.3 is 11.9 Å². The van der Waals surface area contributed by atoms with Crippen LogP contribution in [0.1, 0.15) is 19.8 Å². The Morgan fingerprint density at radius 2 is 1.68 bits per heavy atom. The smallest absolute Gasteiger partial charge is 0.327 e. The molecule has 0 saturated carbocycles. The quantitative estimate of drug-likeness (QED) is 0.189. The van der Waals surface area contributed by atoms with Gasteiger partial charge in [-0.1, -0.05) is 0 Å². The van der Waals surface area contributed by atoms with Crippen molar-refractivity contribution in [2.45, 2.75) is 37.9 Å². The number of carbonyl (C=O) groups excluding carboxylic acids is 3. The van der Waals surface area contributed by atoms with Crippen molar-refractivity contribution in [2.24, 2.45) is 5.73 Å². The molecule has 12 heteroatoms. The van der Waals surface area contributed by atoms with Crippen LogP contribution in [-0.2, 0) is 24.0 Å². The first-order valence-electron chi connectivity index (χ1n) is 7.27. The Kier molecular flexibility index (Phi) is 10.2. The zero-order valence-electron chi connectivity index (χ0n) is 13.5. The summed E-state index contributed by atoms with van der Waals surface area (Å²) < 4.78 is 0. The average molecular weight is 378 g/mol. The number of carboxylic acids is 2. The summed E-state index contributed by atoms with van der Waals surface area (Å²) in [5.74, 6) is -4.59. The van der Waals surface area contributed by atoms with Crippen molar-refractivity contribution in [1.82, 2.24) is 16.0 Å². The highest BCUT2D eigenvalue weighted by Crippen LogP contribution is 1.96. The van der Waals surface area contributed by atoms with Crippen molar-refractivity contribution in [3.05, 3.63) is 0 Å². The second kappa shape index (κ2) is 11.3. The summed E-state index contributed by atoms with van der Waals surface area (Å²) in [4.78, 5) is 56.2. The first-order chi connectivity index (χ1) is 11.6. The second-order valence-corrected chi connectivity index (χ2v) is 5.49. The fourth-order valence-corrected chi connectivity index (χ4v) is 1.79. The van der Waals surface area contributed by atoms with Gasteiger partial charge in [0.05, 0.1) is 12.6 Å². The number of carboxylic acid groups (broad SMARTS) is 2. The number of carbonyl (C=O) groups is 5. The SMILES string of the molecule is C[C@H](NC(=O)[C@@H](N)CCC(=O)O)C(=O)NCC(=O)N[C@@H](CS)C(=O)O. The lowest BCUT2D eigenvalue weighted by molar-refractivity contribution is -0.141. The maximum atomic E-state index is 11.8. The highest BCUT2D eigenvalue weighted by atomic mass is 32.1. The van der Waals surface area contributed by atoms with Crippen molar-refractivity contribution < 1.29 is 34.2 Å². The van der Waals surface area contributed by atoms with Gasteiger partial charge in [-0.25, -0.2) is 4.79 Å². The highest BCUT2D eigenvalue weighted by molar-refractivity contribution is 7.80. The maximum absolute atomic E-state index is 11.8. The number of hydrogen-bond donors (Lipinski definition) is 7. The van der Waals surface area contributed by atoms with Crippen LogP contribution < -0.4 is 21.7 Å². The number of nitrogens with one attached hydrogen (secondary N) is 3. The maximum Gasteiger partial charge on any atom is 0.327 e. The van der Waals surface area contributed by atoms with Crippen LogP contribution in [0.5, 0.6) is 0 Å². The molecule has 0 aliphatic rings. The Morgan fingerprint density at radius 3 is 2.16 bits per heavy atom. The van der Waals surface area contributed by atoms with Crippen LogP contribution >= 0.6 is 12.6 Å². The summed E-state index contributed by atoms with van der Waals surface area (Å²) in [5, 5.41) is 24.0. The summed E-state index contributed by atoms with van der Waals surface area (Å²) in [7, 11) is 0. The van der Waals surface area contributed by atoms with E-state index < -0.39 is 54.3 Å².